The van der Waals surface area contributed by atoms with Gasteiger partial charge in [-0.3, -0.25) is 19.2 Å². The summed E-state index contributed by atoms with van der Waals surface area (Å²) in [4.78, 5) is 54.6. The van der Waals surface area contributed by atoms with Crippen molar-refractivity contribution in [1.82, 2.24) is 0 Å². The van der Waals surface area contributed by atoms with Crippen molar-refractivity contribution in [1.29, 1.82) is 0 Å². The van der Waals surface area contributed by atoms with Crippen molar-refractivity contribution >= 4 is 46.7 Å². The van der Waals surface area contributed by atoms with Crippen molar-refractivity contribution < 1.29 is 28.7 Å². The van der Waals surface area contributed by atoms with E-state index in [0.717, 1.165) is 0 Å². The first-order chi connectivity index (χ1) is 17.7. The van der Waals surface area contributed by atoms with Crippen molar-refractivity contribution in [2.24, 2.45) is 23.7 Å². The number of fused-ring (bicyclic) bond motifs is 1. The second-order valence-electron chi connectivity index (χ2n) is 9.76. The maximum Gasteiger partial charge on any atom is 0.316 e. The van der Waals surface area contributed by atoms with Crippen LogP contribution in [0.1, 0.15) is 25.3 Å². The Hall–Kier alpha value is -3.65. The van der Waals surface area contributed by atoms with Crippen LogP contribution in [0.3, 0.4) is 0 Å². The van der Waals surface area contributed by atoms with Gasteiger partial charge in [0.1, 0.15) is 11.5 Å². The summed E-state index contributed by atoms with van der Waals surface area (Å²) in [6, 6.07) is 9.79. The van der Waals surface area contributed by atoms with Gasteiger partial charge < -0.3 is 14.4 Å². The van der Waals surface area contributed by atoms with Crippen molar-refractivity contribution in [3.63, 3.8) is 0 Å². The number of allylic oxidation sites excluding steroid dienone is 2. The average Bonchev–Trinajstić information content (AvgIpc) is 3.37. The number of amides is 3. The molecule has 2 aliphatic heterocycles. The maximum atomic E-state index is 13.1. The van der Waals surface area contributed by atoms with Gasteiger partial charge in [-0.05, 0) is 61.2 Å². The standard InChI is InChI=1S/C28H27ClN2O6/c1-15-5-4-6-20-25(15)27(34)31(26(20)33)21-9-8-19(11-16(21)2)37-28(35)17-12-24(32)30(14-17)22-13-18(29)7-10-23(22)36-3/h4-5,7-11,13,15,17,20,25H,6,12,14H2,1-3H3/t15-,17-,20-,25+/m1/s1. The lowest BCUT2D eigenvalue weighted by atomic mass is 9.78. The molecular weight excluding hydrogens is 496 g/mol. The average molecular weight is 523 g/mol. The molecule has 0 saturated carbocycles. The lowest BCUT2D eigenvalue weighted by Crippen LogP contribution is -2.32. The molecule has 192 valence electrons. The summed E-state index contributed by atoms with van der Waals surface area (Å²) in [6.07, 6.45) is 4.51. The highest BCUT2D eigenvalue weighted by molar-refractivity contribution is 6.31. The lowest BCUT2D eigenvalue weighted by Gasteiger charge is -2.22. The van der Waals surface area contributed by atoms with Crippen molar-refractivity contribution in [3.8, 4) is 11.5 Å². The van der Waals surface area contributed by atoms with Crippen LogP contribution in [-0.2, 0) is 19.2 Å². The maximum absolute atomic E-state index is 13.1. The quantitative estimate of drug-likeness (QED) is 0.251. The largest absolute Gasteiger partial charge is 0.495 e. The zero-order chi connectivity index (χ0) is 26.4. The molecule has 5 rings (SSSR count). The van der Waals surface area contributed by atoms with E-state index in [-0.39, 0.29) is 54.2 Å². The first-order valence-corrected chi connectivity index (χ1v) is 12.6. The second-order valence-corrected chi connectivity index (χ2v) is 10.2. The van der Waals surface area contributed by atoms with Crippen molar-refractivity contribution in [3.05, 3.63) is 59.1 Å². The fourth-order valence-electron chi connectivity index (χ4n) is 5.50. The van der Waals surface area contributed by atoms with Crippen LogP contribution in [0.5, 0.6) is 11.5 Å². The zero-order valence-electron chi connectivity index (χ0n) is 20.8. The summed E-state index contributed by atoms with van der Waals surface area (Å²) < 4.78 is 10.9. The number of aryl methyl sites for hydroxylation is 1. The van der Waals surface area contributed by atoms with Crippen LogP contribution in [-0.4, -0.2) is 37.3 Å². The summed E-state index contributed by atoms with van der Waals surface area (Å²) in [5.41, 5.74) is 1.63. The molecule has 4 atom stereocenters. The highest BCUT2D eigenvalue weighted by Gasteiger charge is 2.50. The molecule has 3 amide bonds. The molecule has 9 heteroatoms. The molecule has 0 unspecified atom stereocenters. The number of rotatable bonds is 5. The number of imide groups is 1. The van der Waals surface area contributed by atoms with E-state index in [1.54, 1.807) is 43.3 Å². The number of hydrogen-bond donors (Lipinski definition) is 0. The van der Waals surface area contributed by atoms with E-state index in [9.17, 15) is 19.2 Å². The van der Waals surface area contributed by atoms with Crippen LogP contribution in [0.2, 0.25) is 5.02 Å². The Morgan fingerprint density at radius 3 is 2.54 bits per heavy atom. The van der Waals surface area contributed by atoms with Crippen LogP contribution < -0.4 is 19.3 Å². The normalized spacial score (nSPS) is 25.0. The summed E-state index contributed by atoms with van der Waals surface area (Å²) in [5, 5.41) is 0.449. The van der Waals surface area contributed by atoms with Crippen LogP contribution >= 0.6 is 11.6 Å². The number of benzene rings is 2. The van der Waals surface area contributed by atoms with Gasteiger partial charge in [-0.1, -0.05) is 30.7 Å². The fourth-order valence-corrected chi connectivity index (χ4v) is 5.67. The van der Waals surface area contributed by atoms with Gasteiger partial charge in [0, 0.05) is 18.0 Å². The van der Waals surface area contributed by atoms with E-state index in [2.05, 4.69) is 0 Å². The first kappa shape index (κ1) is 25.0. The Morgan fingerprint density at radius 2 is 1.84 bits per heavy atom. The number of carbonyl (C=O) groups is 4. The van der Waals surface area contributed by atoms with Gasteiger partial charge in [0.15, 0.2) is 0 Å². The van der Waals surface area contributed by atoms with Crippen molar-refractivity contribution in [2.75, 3.05) is 23.5 Å². The third kappa shape index (κ3) is 4.39. The molecule has 1 aliphatic carbocycles. The van der Waals surface area contributed by atoms with Crippen LogP contribution in [0.25, 0.3) is 0 Å². The minimum absolute atomic E-state index is 0.00121. The second kappa shape index (κ2) is 9.67. The number of methoxy groups -OCH3 is 1. The molecule has 2 heterocycles. The van der Waals surface area contributed by atoms with E-state index in [1.807, 2.05) is 19.1 Å². The van der Waals surface area contributed by atoms with Gasteiger partial charge in [0.05, 0.1) is 36.2 Å². The molecule has 0 radical (unpaired) electrons. The molecule has 2 aromatic rings. The Kier molecular flexibility index (Phi) is 6.54. The molecule has 0 spiro atoms. The number of halogens is 1. The van der Waals surface area contributed by atoms with Crippen LogP contribution in [0.15, 0.2) is 48.6 Å². The number of ether oxygens (including phenoxy) is 2. The third-order valence-corrected chi connectivity index (χ3v) is 7.63. The van der Waals surface area contributed by atoms with Gasteiger partial charge in [0.2, 0.25) is 17.7 Å². The monoisotopic (exact) mass is 522 g/mol. The molecule has 2 saturated heterocycles. The first-order valence-electron chi connectivity index (χ1n) is 12.2. The Labute approximate surface area is 219 Å². The van der Waals surface area contributed by atoms with Crippen molar-refractivity contribution in [2.45, 2.75) is 26.7 Å². The Morgan fingerprint density at radius 1 is 1.05 bits per heavy atom. The Balaban J connectivity index is 1.30. The predicted molar refractivity (Wildman–Crippen MR) is 138 cm³/mol. The molecule has 0 bridgehead atoms. The molecule has 8 nitrogen and oxygen atoms in total. The molecule has 0 N–H and O–H groups in total. The highest BCUT2D eigenvalue weighted by Crippen LogP contribution is 2.42. The van der Waals surface area contributed by atoms with Crippen LogP contribution in [0.4, 0.5) is 11.4 Å². The number of hydrogen-bond acceptors (Lipinski definition) is 6. The SMILES string of the molecule is COc1ccc(Cl)cc1N1C[C@H](C(=O)Oc2ccc(N3C(=O)[C@H]4[C@H](C)C=CC[C@H]4C3=O)c(C)c2)CC1=O. The zero-order valence-corrected chi connectivity index (χ0v) is 21.5. The summed E-state index contributed by atoms with van der Waals surface area (Å²) >= 11 is 6.11. The number of anilines is 2. The highest BCUT2D eigenvalue weighted by atomic mass is 35.5. The minimum atomic E-state index is -0.671. The Bertz CT molecular complexity index is 1340. The molecular formula is C28H27ClN2O6. The third-order valence-electron chi connectivity index (χ3n) is 7.39. The smallest absolute Gasteiger partial charge is 0.316 e. The molecule has 37 heavy (non-hydrogen) atoms. The molecule has 2 aromatic carbocycles. The number of nitrogens with zero attached hydrogens (tertiary/aromatic N) is 2. The molecule has 2 fully saturated rings. The lowest BCUT2D eigenvalue weighted by molar-refractivity contribution is -0.139. The fraction of sp³-hybridized carbons (Fsp3) is 0.357. The topological polar surface area (TPSA) is 93.2 Å². The van der Waals surface area contributed by atoms with Crippen LogP contribution in [0, 0.1) is 30.6 Å². The van der Waals surface area contributed by atoms with Gasteiger partial charge >= 0.3 is 5.97 Å². The minimum Gasteiger partial charge on any atom is -0.495 e. The van der Waals surface area contributed by atoms with Gasteiger partial charge in [-0.15, -0.1) is 0 Å². The van der Waals surface area contributed by atoms with E-state index >= 15 is 0 Å². The van der Waals surface area contributed by atoms with E-state index < -0.39 is 11.9 Å². The summed E-state index contributed by atoms with van der Waals surface area (Å²) in [7, 11) is 1.50. The molecule has 0 aromatic heterocycles. The van der Waals surface area contributed by atoms with Gasteiger partial charge in [-0.25, -0.2) is 4.90 Å². The predicted octanol–water partition coefficient (Wildman–Crippen LogP) is 4.32. The summed E-state index contributed by atoms with van der Waals surface area (Å²) in [6.45, 7) is 3.86. The molecule has 3 aliphatic rings. The van der Waals surface area contributed by atoms with E-state index in [0.29, 0.717) is 34.1 Å². The van der Waals surface area contributed by atoms with Gasteiger partial charge in [-0.2, -0.15) is 0 Å². The number of esters is 1. The van der Waals surface area contributed by atoms with Gasteiger partial charge in [0.25, 0.3) is 0 Å². The summed E-state index contributed by atoms with van der Waals surface area (Å²) in [5.74, 6) is -1.76. The van der Waals surface area contributed by atoms with E-state index in [4.69, 9.17) is 21.1 Å². The number of carbonyl (C=O) groups excluding carboxylic acids is 4. The van der Waals surface area contributed by atoms with E-state index in [1.165, 1.54) is 16.9 Å².